The van der Waals surface area contributed by atoms with Gasteiger partial charge in [-0.2, -0.15) is 0 Å². The van der Waals surface area contributed by atoms with Crippen LogP contribution >= 0.6 is 11.6 Å². The molecule has 0 heterocycles. The molecule has 1 aliphatic rings. The van der Waals surface area contributed by atoms with Crippen molar-refractivity contribution < 1.29 is 23.8 Å². The van der Waals surface area contributed by atoms with Crippen LogP contribution in [0.2, 0.25) is 5.02 Å². The summed E-state index contributed by atoms with van der Waals surface area (Å²) in [5, 5.41) is 3.22. The molecule has 1 aromatic rings. The SMILES string of the molecule is COc1ccc(Cl)c(O[C@@H]2CC[C@H](NC(=O)OC(C)(C)C)C2)c1C(C)=O. The molecule has 0 bridgehead atoms. The zero-order chi connectivity index (χ0) is 19.5. The fraction of sp³-hybridized carbons (Fsp3) is 0.579. The van der Waals surface area contributed by atoms with Gasteiger partial charge in [0.05, 0.1) is 12.1 Å². The van der Waals surface area contributed by atoms with Crippen molar-refractivity contribution in [2.45, 2.75) is 64.7 Å². The molecule has 7 heteroatoms. The van der Waals surface area contributed by atoms with Crippen molar-refractivity contribution in [1.82, 2.24) is 5.32 Å². The van der Waals surface area contributed by atoms with E-state index in [0.29, 0.717) is 28.5 Å². The molecule has 1 fully saturated rings. The number of ether oxygens (including phenoxy) is 3. The van der Waals surface area contributed by atoms with Gasteiger partial charge in [0.1, 0.15) is 23.0 Å². The lowest BCUT2D eigenvalue weighted by Gasteiger charge is -2.22. The largest absolute Gasteiger partial charge is 0.496 e. The number of methoxy groups -OCH3 is 1. The molecule has 1 N–H and O–H groups in total. The molecule has 1 saturated carbocycles. The molecule has 0 radical (unpaired) electrons. The second-order valence-electron chi connectivity index (χ2n) is 7.41. The molecule has 0 aliphatic heterocycles. The molecule has 1 aliphatic carbocycles. The Balaban J connectivity index is 2.05. The molecule has 0 spiro atoms. The summed E-state index contributed by atoms with van der Waals surface area (Å²) in [6, 6.07) is 3.25. The minimum absolute atomic E-state index is 0.0417. The Bertz CT molecular complexity index is 683. The van der Waals surface area contributed by atoms with Gasteiger partial charge in [0.25, 0.3) is 0 Å². The maximum absolute atomic E-state index is 12.0. The van der Waals surface area contributed by atoms with Crippen molar-refractivity contribution in [3.63, 3.8) is 0 Å². The first kappa shape index (κ1) is 20.4. The van der Waals surface area contributed by atoms with E-state index in [1.807, 2.05) is 20.8 Å². The number of halogens is 1. The van der Waals surface area contributed by atoms with E-state index in [2.05, 4.69) is 5.32 Å². The zero-order valence-electron chi connectivity index (χ0n) is 15.8. The van der Waals surface area contributed by atoms with Crippen LogP contribution in [-0.2, 0) is 4.74 Å². The van der Waals surface area contributed by atoms with Crippen molar-refractivity contribution in [2.24, 2.45) is 0 Å². The van der Waals surface area contributed by atoms with E-state index in [-0.39, 0.29) is 17.9 Å². The summed E-state index contributed by atoms with van der Waals surface area (Å²) in [6.45, 7) is 6.91. The highest BCUT2D eigenvalue weighted by Gasteiger charge is 2.31. The Labute approximate surface area is 159 Å². The van der Waals surface area contributed by atoms with Gasteiger partial charge in [-0.25, -0.2) is 4.79 Å². The second kappa shape index (κ2) is 8.16. The molecule has 2 atom stereocenters. The van der Waals surface area contributed by atoms with Crippen LogP contribution in [0.4, 0.5) is 4.79 Å². The minimum atomic E-state index is -0.539. The zero-order valence-corrected chi connectivity index (χ0v) is 16.6. The van der Waals surface area contributed by atoms with Crippen molar-refractivity contribution in [2.75, 3.05) is 7.11 Å². The first-order chi connectivity index (χ1) is 12.1. The fourth-order valence-corrected chi connectivity index (χ4v) is 3.18. The van der Waals surface area contributed by atoms with Crippen molar-refractivity contribution >= 4 is 23.5 Å². The second-order valence-corrected chi connectivity index (χ2v) is 7.81. The Hall–Kier alpha value is -1.95. The number of carbonyl (C=O) groups is 2. The molecular formula is C19H26ClNO5. The number of ketones is 1. The average molecular weight is 384 g/mol. The molecule has 0 aromatic heterocycles. The van der Waals surface area contributed by atoms with Crippen LogP contribution in [0, 0.1) is 0 Å². The van der Waals surface area contributed by atoms with Crippen LogP contribution in [0.1, 0.15) is 57.3 Å². The van der Waals surface area contributed by atoms with Crippen LogP contribution in [-0.4, -0.2) is 36.7 Å². The van der Waals surface area contributed by atoms with Gasteiger partial charge in [0.2, 0.25) is 0 Å². The lowest BCUT2D eigenvalue weighted by atomic mass is 10.1. The number of Topliss-reactive ketones (excluding diaryl/α,β-unsaturated/α-hetero) is 1. The standard InChI is InChI=1S/C19H26ClNO5/c1-11(22)16-15(24-5)9-8-14(20)17(16)25-13-7-6-12(10-13)21-18(23)26-19(2,3)4/h8-9,12-13H,6-7,10H2,1-5H3,(H,21,23)/t12-,13+/m0/s1. The molecule has 1 aromatic carbocycles. The summed E-state index contributed by atoms with van der Waals surface area (Å²) < 4.78 is 16.6. The number of carbonyl (C=O) groups excluding carboxylic acids is 2. The van der Waals surface area contributed by atoms with Gasteiger partial charge in [-0.15, -0.1) is 0 Å². The first-order valence-corrected chi connectivity index (χ1v) is 9.02. The molecule has 144 valence electrons. The average Bonchev–Trinajstić information content (AvgIpc) is 2.93. The highest BCUT2D eigenvalue weighted by atomic mass is 35.5. The fourth-order valence-electron chi connectivity index (χ4n) is 2.98. The van der Waals surface area contributed by atoms with E-state index in [9.17, 15) is 9.59 Å². The minimum Gasteiger partial charge on any atom is -0.496 e. The van der Waals surface area contributed by atoms with Gasteiger partial charge < -0.3 is 19.5 Å². The summed E-state index contributed by atoms with van der Waals surface area (Å²) in [5.41, 5.74) is -0.202. The molecule has 6 nitrogen and oxygen atoms in total. The summed E-state index contributed by atoms with van der Waals surface area (Å²) in [6.07, 6.45) is 1.53. The van der Waals surface area contributed by atoms with Crippen LogP contribution in [0.25, 0.3) is 0 Å². The maximum Gasteiger partial charge on any atom is 0.407 e. The van der Waals surface area contributed by atoms with Gasteiger partial charge in [0.15, 0.2) is 11.5 Å². The molecule has 1 amide bonds. The van der Waals surface area contributed by atoms with E-state index in [1.165, 1.54) is 14.0 Å². The Morgan fingerprint density at radius 1 is 1.23 bits per heavy atom. The van der Waals surface area contributed by atoms with Gasteiger partial charge in [-0.1, -0.05) is 11.6 Å². The molecule has 0 saturated heterocycles. The van der Waals surface area contributed by atoms with Crippen LogP contribution < -0.4 is 14.8 Å². The topological polar surface area (TPSA) is 73.9 Å². The molecular weight excluding hydrogens is 358 g/mol. The summed E-state index contributed by atoms with van der Waals surface area (Å²) in [7, 11) is 1.50. The predicted molar refractivity (Wildman–Crippen MR) is 99.4 cm³/mol. The van der Waals surface area contributed by atoms with E-state index >= 15 is 0 Å². The Morgan fingerprint density at radius 2 is 1.92 bits per heavy atom. The summed E-state index contributed by atoms with van der Waals surface area (Å²) >= 11 is 6.25. The highest BCUT2D eigenvalue weighted by Crippen LogP contribution is 2.38. The van der Waals surface area contributed by atoms with Crippen molar-refractivity contribution in [3.8, 4) is 11.5 Å². The number of rotatable bonds is 5. The van der Waals surface area contributed by atoms with E-state index in [4.69, 9.17) is 25.8 Å². The van der Waals surface area contributed by atoms with E-state index in [0.717, 1.165) is 12.8 Å². The van der Waals surface area contributed by atoms with E-state index in [1.54, 1.807) is 12.1 Å². The number of nitrogens with one attached hydrogen (secondary N) is 1. The van der Waals surface area contributed by atoms with Gasteiger partial charge in [0, 0.05) is 12.5 Å². The number of benzene rings is 1. The number of alkyl carbamates (subject to hydrolysis) is 1. The monoisotopic (exact) mass is 383 g/mol. The first-order valence-electron chi connectivity index (χ1n) is 8.64. The van der Waals surface area contributed by atoms with Gasteiger partial charge in [-0.05, 0) is 52.7 Å². The molecule has 2 rings (SSSR count). The lowest BCUT2D eigenvalue weighted by Crippen LogP contribution is -2.38. The highest BCUT2D eigenvalue weighted by molar-refractivity contribution is 6.32. The summed E-state index contributed by atoms with van der Waals surface area (Å²) in [5.74, 6) is 0.584. The number of amides is 1. The summed E-state index contributed by atoms with van der Waals surface area (Å²) in [4.78, 5) is 23.9. The van der Waals surface area contributed by atoms with Crippen molar-refractivity contribution in [3.05, 3.63) is 22.7 Å². The molecule has 0 unspecified atom stereocenters. The third-order valence-electron chi connectivity index (χ3n) is 4.03. The third-order valence-corrected chi connectivity index (χ3v) is 4.33. The Morgan fingerprint density at radius 3 is 2.50 bits per heavy atom. The van der Waals surface area contributed by atoms with E-state index < -0.39 is 11.7 Å². The van der Waals surface area contributed by atoms with Crippen molar-refractivity contribution in [1.29, 1.82) is 0 Å². The lowest BCUT2D eigenvalue weighted by molar-refractivity contribution is 0.0503. The van der Waals surface area contributed by atoms with Gasteiger partial charge in [-0.3, -0.25) is 4.79 Å². The molecule has 26 heavy (non-hydrogen) atoms. The smallest absolute Gasteiger partial charge is 0.407 e. The van der Waals surface area contributed by atoms with Crippen LogP contribution in [0.3, 0.4) is 0 Å². The number of hydrogen-bond donors (Lipinski definition) is 1. The third kappa shape index (κ3) is 5.27. The number of hydrogen-bond acceptors (Lipinski definition) is 5. The quantitative estimate of drug-likeness (QED) is 0.764. The Kier molecular flexibility index (Phi) is 6.39. The van der Waals surface area contributed by atoms with Crippen LogP contribution in [0.15, 0.2) is 12.1 Å². The normalized spacial score (nSPS) is 19.8. The maximum atomic E-state index is 12.0. The van der Waals surface area contributed by atoms with Crippen LogP contribution in [0.5, 0.6) is 11.5 Å². The van der Waals surface area contributed by atoms with Gasteiger partial charge >= 0.3 is 6.09 Å². The predicted octanol–water partition coefficient (Wildman–Crippen LogP) is 4.38.